The minimum Gasteiger partial charge on any atom is -0.271 e. The number of nitrogens with one attached hydrogen (secondary N) is 1. The van der Waals surface area contributed by atoms with Crippen molar-refractivity contribution in [2.45, 2.75) is 12.8 Å². The molecule has 0 aromatic heterocycles. The third-order valence-corrected chi connectivity index (χ3v) is 2.09. The maximum Gasteiger partial charge on any atom is 0.0437 e. The molecule has 1 aromatic rings. The molecule has 0 atom stereocenters. The van der Waals surface area contributed by atoms with Gasteiger partial charge >= 0.3 is 0 Å². The first-order valence-electron chi connectivity index (χ1n) is 4.01. The van der Waals surface area contributed by atoms with Crippen molar-refractivity contribution in [2.24, 2.45) is 5.84 Å². The molecule has 3 N–H and O–H groups in total. The second-order valence-electron chi connectivity index (χ2n) is 2.65. The molecular weight excluding hydrogens is 172 g/mol. The number of halogens is 1. The van der Waals surface area contributed by atoms with Gasteiger partial charge in [-0.3, -0.25) is 11.3 Å². The highest BCUT2D eigenvalue weighted by atomic mass is 35.5. The SMILES string of the molecule is NNCCCc1ccccc1Cl. The van der Waals surface area contributed by atoms with Crippen molar-refractivity contribution in [3.63, 3.8) is 0 Å². The van der Waals surface area contributed by atoms with E-state index in [2.05, 4.69) is 5.43 Å². The Morgan fingerprint density at radius 2 is 2.08 bits per heavy atom. The number of hydrogen-bond acceptors (Lipinski definition) is 2. The predicted molar refractivity (Wildman–Crippen MR) is 52.0 cm³/mol. The van der Waals surface area contributed by atoms with E-state index in [-0.39, 0.29) is 0 Å². The highest BCUT2D eigenvalue weighted by Gasteiger charge is 1.96. The average Bonchev–Trinajstić information content (AvgIpc) is 2.09. The Morgan fingerprint density at radius 3 is 2.75 bits per heavy atom. The second-order valence-corrected chi connectivity index (χ2v) is 3.06. The van der Waals surface area contributed by atoms with Gasteiger partial charge < -0.3 is 0 Å². The van der Waals surface area contributed by atoms with Crippen LogP contribution in [0.5, 0.6) is 0 Å². The molecule has 0 aliphatic rings. The van der Waals surface area contributed by atoms with Crippen LogP contribution in [0.3, 0.4) is 0 Å². The van der Waals surface area contributed by atoms with Crippen LogP contribution in [0.2, 0.25) is 5.02 Å². The van der Waals surface area contributed by atoms with Gasteiger partial charge in [0.15, 0.2) is 0 Å². The van der Waals surface area contributed by atoms with Crippen molar-refractivity contribution in [2.75, 3.05) is 6.54 Å². The molecule has 0 saturated carbocycles. The maximum atomic E-state index is 5.95. The zero-order chi connectivity index (χ0) is 8.81. The number of nitrogens with two attached hydrogens (primary N) is 1. The Kier molecular flexibility index (Phi) is 4.08. The molecule has 0 spiro atoms. The molecule has 0 heterocycles. The lowest BCUT2D eigenvalue weighted by Gasteiger charge is -2.02. The molecule has 2 nitrogen and oxygen atoms in total. The van der Waals surface area contributed by atoms with E-state index in [0.717, 1.165) is 24.4 Å². The van der Waals surface area contributed by atoms with E-state index in [0.29, 0.717) is 0 Å². The predicted octanol–water partition coefficient (Wildman–Crippen LogP) is 1.74. The van der Waals surface area contributed by atoms with Crippen molar-refractivity contribution in [3.8, 4) is 0 Å². The first kappa shape index (κ1) is 9.52. The molecule has 0 amide bonds. The monoisotopic (exact) mass is 184 g/mol. The van der Waals surface area contributed by atoms with Crippen LogP contribution in [0.4, 0.5) is 0 Å². The minimum atomic E-state index is 0.825. The number of rotatable bonds is 4. The number of aryl methyl sites for hydroxylation is 1. The summed E-state index contributed by atoms with van der Waals surface area (Å²) < 4.78 is 0. The molecule has 3 heteroatoms. The molecule has 0 fully saturated rings. The Labute approximate surface area is 77.7 Å². The van der Waals surface area contributed by atoms with Crippen molar-refractivity contribution < 1.29 is 0 Å². The molecule has 0 aliphatic heterocycles. The van der Waals surface area contributed by atoms with Crippen LogP contribution in [0, 0.1) is 0 Å². The summed E-state index contributed by atoms with van der Waals surface area (Å²) in [6.45, 7) is 0.825. The fraction of sp³-hybridized carbons (Fsp3) is 0.333. The number of hydrazine groups is 1. The summed E-state index contributed by atoms with van der Waals surface area (Å²) in [6, 6.07) is 7.88. The standard InChI is InChI=1S/C9H13ClN2/c10-9-6-2-1-4-8(9)5-3-7-12-11/h1-2,4,6,12H,3,5,7,11H2. The van der Waals surface area contributed by atoms with Crippen molar-refractivity contribution in [3.05, 3.63) is 34.9 Å². The van der Waals surface area contributed by atoms with Crippen molar-refractivity contribution in [1.82, 2.24) is 5.43 Å². The minimum absolute atomic E-state index is 0.825. The molecular formula is C9H13ClN2. The van der Waals surface area contributed by atoms with Crippen LogP contribution in [0.25, 0.3) is 0 Å². The van der Waals surface area contributed by atoms with Gasteiger partial charge in [0.05, 0.1) is 0 Å². The Balaban J connectivity index is 2.46. The van der Waals surface area contributed by atoms with E-state index in [4.69, 9.17) is 17.4 Å². The van der Waals surface area contributed by atoms with Crippen molar-refractivity contribution >= 4 is 11.6 Å². The molecule has 1 rings (SSSR count). The van der Waals surface area contributed by atoms with E-state index in [1.165, 1.54) is 5.56 Å². The van der Waals surface area contributed by atoms with Crippen LogP contribution >= 0.6 is 11.6 Å². The summed E-state index contributed by atoms with van der Waals surface area (Å²) in [5.74, 6) is 5.15. The summed E-state index contributed by atoms with van der Waals surface area (Å²) in [6.07, 6.45) is 1.99. The lowest BCUT2D eigenvalue weighted by atomic mass is 10.1. The Hall–Kier alpha value is -0.570. The fourth-order valence-electron chi connectivity index (χ4n) is 1.08. The van der Waals surface area contributed by atoms with Gasteiger partial charge in [0.1, 0.15) is 0 Å². The summed E-state index contributed by atoms with van der Waals surface area (Å²) in [7, 11) is 0. The topological polar surface area (TPSA) is 38.0 Å². The van der Waals surface area contributed by atoms with Crippen LogP contribution in [-0.4, -0.2) is 6.54 Å². The quantitative estimate of drug-likeness (QED) is 0.425. The van der Waals surface area contributed by atoms with E-state index in [1.54, 1.807) is 0 Å². The highest BCUT2D eigenvalue weighted by molar-refractivity contribution is 6.31. The number of benzene rings is 1. The lowest BCUT2D eigenvalue weighted by molar-refractivity contribution is 0.680. The first-order valence-corrected chi connectivity index (χ1v) is 4.39. The fourth-order valence-corrected chi connectivity index (χ4v) is 1.31. The van der Waals surface area contributed by atoms with Crippen LogP contribution in [0.1, 0.15) is 12.0 Å². The van der Waals surface area contributed by atoms with Gasteiger partial charge in [-0.15, -0.1) is 0 Å². The Morgan fingerprint density at radius 1 is 1.33 bits per heavy atom. The van der Waals surface area contributed by atoms with E-state index >= 15 is 0 Å². The van der Waals surface area contributed by atoms with Gasteiger partial charge in [-0.2, -0.15) is 0 Å². The summed E-state index contributed by atoms with van der Waals surface area (Å²) >= 11 is 5.95. The molecule has 0 radical (unpaired) electrons. The average molecular weight is 185 g/mol. The molecule has 66 valence electrons. The second kappa shape index (κ2) is 5.14. The summed E-state index contributed by atoms with van der Waals surface area (Å²) in [5.41, 5.74) is 3.80. The zero-order valence-corrected chi connectivity index (χ0v) is 7.64. The van der Waals surface area contributed by atoms with Gasteiger partial charge in [-0.05, 0) is 24.5 Å². The van der Waals surface area contributed by atoms with Gasteiger partial charge in [0, 0.05) is 11.6 Å². The van der Waals surface area contributed by atoms with Crippen molar-refractivity contribution in [1.29, 1.82) is 0 Å². The van der Waals surface area contributed by atoms with E-state index < -0.39 is 0 Å². The van der Waals surface area contributed by atoms with Gasteiger partial charge in [0.2, 0.25) is 0 Å². The highest BCUT2D eigenvalue weighted by Crippen LogP contribution is 2.15. The van der Waals surface area contributed by atoms with Crippen LogP contribution in [-0.2, 0) is 6.42 Å². The summed E-state index contributed by atoms with van der Waals surface area (Å²) in [4.78, 5) is 0. The van der Waals surface area contributed by atoms with E-state index in [9.17, 15) is 0 Å². The van der Waals surface area contributed by atoms with Gasteiger partial charge in [-0.25, -0.2) is 0 Å². The first-order chi connectivity index (χ1) is 5.84. The maximum absolute atomic E-state index is 5.95. The zero-order valence-electron chi connectivity index (χ0n) is 6.89. The molecule has 0 bridgehead atoms. The normalized spacial score (nSPS) is 10.2. The third kappa shape index (κ3) is 2.81. The smallest absolute Gasteiger partial charge is 0.0437 e. The molecule has 0 unspecified atom stereocenters. The van der Waals surface area contributed by atoms with Crippen LogP contribution in [0.15, 0.2) is 24.3 Å². The molecule has 0 saturated heterocycles. The molecule has 12 heavy (non-hydrogen) atoms. The lowest BCUT2D eigenvalue weighted by Crippen LogP contribution is -2.23. The van der Waals surface area contributed by atoms with Gasteiger partial charge in [-0.1, -0.05) is 29.8 Å². The Bertz CT molecular complexity index is 238. The van der Waals surface area contributed by atoms with E-state index in [1.807, 2.05) is 24.3 Å². The third-order valence-electron chi connectivity index (χ3n) is 1.73. The number of hydrogen-bond donors (Lipinski definition) is 2. The van der Waals surface area contributed by atoms with Crippen LogP contribution < -0.4 is 11.3 Å². The summed E-state index contributed by atoms with van der Waals surface area (Å²) in [5, 5.41) is 0.842. The largest absolute Gasteiger partial charge is 0.271 e. The van der Waals surface area contributed by atoms with Gasteiger partial charge in [0.25, 0.3) is 0 Å². The molecule has 0 aliphatic carbocycles. The molecule has 1 aromatic carbocycles.